The zero-order valence-electron chi connectivity index (χ0n) is 12.4. The van der Waals surface area contributed by atoms with Gasteiger partial charge < -0.3 is 10.4 Å². The molecule has 0 radical (unpaired) electrons. The Morgan fingerprint density at radius 3 is 2.57 bits per heavy atom. The standard InChI is InChI=1S/C19H23NO/c21-14-17-10-2-1-9-16(17)13-20-19-12-6-4-8-15-7-3-5-11-18(15)19/h1-3,5,7,9-11,19-21H,4,6,8,12-14H2. The average Bonchev–Trinajstić information content (AvgIpc) is 2.75. The van der Waals surface area contributed by atoms with Crippen LogP contribution in [0.4, 0.5) is 0 Å². The lowest BCUT2D eigenvalue weighted by Gasteiger charge is -2.20. The van der Waals surface area contributed by atoms with Crippen LogP contribution in [0.2, 0.25) is 0 Å². The number of aliphatic hydroxyl groups excluding tert-OH is 1. The first-order valence-electron chi connectivity index (χ1n) is 7.87. The van der Waals surface area contributed by atoms with Crippen molar-refractivity contribution in [3.8, 4) is 0 Å². The molecule has 1 unspecified atom stereocenters. The van der Waals surface area contributed by atoms with E-state index >= 15 is 0 Å². The minimum atomic E-state index is 0.110. The summed E-state index contributed by atoms with van der Waals surface area (Å²) in [7, 11) is 0. The summed E-state index contributed by atoms with van der Waals surface area (Å²) in [6.45, 7) is 0.925. The van der Waals surface area contributed by atoms with Gasteiger partial charge in [-0.3, -0.25) is 0 Å². The van der Waals surface area contributed by atoms with E-state index in [0.29, 0.717) is 6.04 Å². The summed E-state index contributed by atoms with van der Waals surface area (Å²) >= 11 is 0. The van der Waals surface area contributed by atoms with Crippen LogP contribution in [0.15, 0.2) is 48.5 Å². The molecule has 0 bridgehead atoms. The summed E-state index contributed by atoms with van der Waals surface area (Å²) in [5.74, 6) is 0. The summed E-state index contributed by atoms with van der Waals surface area (Å²) in [4.78, 5) is 0. The fourth-order valence-electron chi connectivity index (χ4n) is 3.25. The number of benzene rings is 2. The molecule has 2 nitrogen and oxygen atoms in total. The lowest BCUT2D eigenvalue weighted by atomic mass is 9.98. The molecule has 0 saturated carbocycles. The minimum Gasteiger partial charge on any atom is -0.392 e. The molecule has 2 aromatic rings. The Labute approximate surface area is 126 Å². The summed E-state index contributed by atoms with van der Waals surface area (Å²) < 4.78 is 0. The molecular weight excluding hydrogens is 258 g/mol. The van der Waals surface area contributed by atoms with Crippen LogP contribution in [0.5, 0.6) is 0 Å². The molecule has 1 aliphatic rings. The quantitative estimate of drug-likeness (QED) is 0.837. The molecule has 2 heteroatoms. The third kappa shape index (κ3) is 3.34. The first-order chi connectivity index (χ1) is 10.4. The van der Waals surface area contributed by atoms with Gasteiger partial charge in [-0.15, -0.1) is 0 Å². The maximum absolute atomic E-state index is 9.43. The van der Waals surface area contributed by atoms with Crippen LogP contribution in [0, 0.1) is 0 Å². The Morgan fingerprint density at radius 2 is 1.71 bits per heavy atom. The highest BCUT2D eigenvalue weighted by atomic mass is 16.3. The molecule has 0 heterocycles. The molecule has 1 atom stereocenters. The number of fused-ring (bicyclic) bond motifs is 1. The van der Waals surface area contributed by atoms with Crippen LogP contribution in [0.25, 0.3) is 0 Å². The summed E-state index contributed by atoms with van der Waals surface area (Å²) in [6, 6.07) is 17.3. The molecule has 1 aliphatic carbocycles. The van der Waals surface area contributed by atoms with Crippen molar-refractivity contribution in [2.75, 3.05) is 0 Å². The molecule has 2 N–H and O–H groups in total. The van der Waals surface area contributed by atoms with Crippen LogP contribution >= 0.6 is 0 Å². The van der Waals surface area contributed by atoms with Crippen LogP contribution < -0.4 is 5.32 Å². The Kier molecular flexibility index (Phi) is 4.69. The molecule has 0 aliphatic heterocycles. The van der Waals surface area contributed by atoms with Crippen molar-refractivity contribution in [1.29, 1.82) is 0 Å². The minimum absolute atomic E-state index is 0.110. The fraction of sp³-hybridized carbons (Fsp3) is 0.368. The number of hydrogen-bond donors (Lipinski definition) is 2. The largest absolute Gasteiger partial charge is 0.392 e. The summed E-state index contributed by atoms with van der Waals surface area (Å²) in [6.07, 6.45) is 4.94. The lowest BCUT2D eigenvalue weighted by molar-refractivity contribution is 0.280. The number of aryl methyl sites for hydroxylation is 1. The maximum atomic E-state index is 9.43. The fourth-order valence-corrected chi connectivity index (χ4v) is 3.25. The number of hydrogen-bond acceptors (Lipinski definition) is 2. The first kappa shape index (κ1) is 14.3. The Morgan fingerprint density at radius 1 is 0.952 bits per heavy atom. The van der Waals surface area contributed by atoms with E-state index in [1.165, 1.54) is 42.4 Å². The lowest BCUT2D eigenvalue weighted by Crippen LogP contribution is -2.21. The summed E-state index contributed by atoms with van der Waals surface area (Å²) in [5, 5.41) is 13.1. The second-order valence-corrected chi connectivity index (χ2v) is 5.80. The topological polar surface area (TPSA) is 32.3 Å². The van der Waals surface area contributed by atoms with Gasteiger partial charge in [0, 0.05) is 12.6 Å². The SMILES string of the molecule is OCc1ccccc1CNC1CCCCc2ccccc21. The molecule has 2 aromatic carbocycles. The summed E-state index contributed by atoms with van der Waals surface area (Å²) in [5.41, 5.74) is 5.16. The average molecular weight is 281 g/mol. The molecule has 21 heavy (non-hydrogen) atoms. The van der Waals surface area contributed by atoms with E-state index in [-0.39, 0.29) is 6.61 Å². The van der Waals surface area contributed by atoms with Crippen molar-refractivity contribution >= 4 is 0 Å². The third-order valence-electron chi connectivity index (χ3n) is 4.45. The van der Waals surface area contributed by atoms with E-state index in [4.69, 9.17) is 0 Å². The maximum Gasteiger partial charge on any atom is 0.0685 e. The molecule has 0 aromatic heterocycles. The van der Waals surface area contributed by atoms with Gasteiger partial charge in [0.15, 0.2) is 0 Å². The highest BCUT2D eigenvalue weighted by molar-refractivity contribution is 5.32. The smallest absolute Gasteiger partial charge is 0.0685 e. The van der Waals surface area contributed by atoms with Crippen molar-refractivity contribution in [2.45, 2.75) is 44.9 Å². The van der Waals surface area contributed by atoms with Gasteiger partial charge in [0.1, 0.15) is 0 Å². The van der Waals surface area contributed by atoms with Gasteiger partial charge in [0.05, 0.1) is 6.61 Å². The van der Waals surface area contributed by atoms with E-state index < -0.39 is 0 Å². The molecule has 110 valence electrons. The van der Waals surface area contributed by atoms with Gasteiger partial charge >= 0.3 is 0 Å². The van der Waals surface area contributed by atoms with Crippen LogP contribution in [-0.2, 0) is 19.6 Å². The monoisotopic (exact) mass is 281 g/mol. The van der Waals surface area contributed by atoms with E-state index in [1.54, 1.807) is 0 Å². The van der Waals surface area contributed by atoms with Gasteiger partial charge in [-0.1, -0.05) is 55.0 Å². The zero-order valence-corrected chi connectivity index (χ0v) is 12.4. The Balaban J connectivity index is 1.76. The van der Waals surface area contributed by atoms with Gasteiger partial charge in [-0.25, -0.2) is 0 Å². The number of aliphatic hydroxyl groups is 1. The molecule has 0 spiro atoms. The molecule has 0 fully saturated rings. The van der Waals surface area contributed by atoms with E-state index in [1.807, 2.05) is 18.2 Å². The Bertz CT molecular complexity index is 594. The van der Waals surface area contributed by atoms with E-state index in [0.717, 1.165) is 12.1 Å². The zero-order chi connectivity index (χ0) is 14.5. The molecule has 3 rings (SSSR count). The second-order valence-electron chi connectivity index (χ2n) is 5.80. The second kappa shape index (κ2) is 6.88. The normalized spacial score (nSPS) is 18.0. The van der Waals surface area contributed by atoms with Crippen molar-refractivity contribution in [2.24, 2.45) is 0 Å². The molecule has 0 saturated heterocycles. The highest BCUT2D eigenvalue weighted by Gasteiger charge is 2.17. The van der Waals surface area contributed by atoms with Crippen molar-refractivity contribution < 1.29 is 5.11 Å². The Hall–Kier alpha value is -1.64. The first-order valence-corrected chi connectivity index (χ1v) is 7.87. The van der Waals surface area contributed by atoms with E-state index in [2.05, 4.69) is 35.6 Å². The van der Waals surface area contributed by atoms with Gasteiger partial charge in [-0.2, -0.15) is 0 Å². The third-order valence-corrected chi connectivity index (χ3v) is 4.45. The van der Waals surface area contributed by atoms with E-state index in [9.17, 15) is 5.11 Å². The van der Waals surface area contributed by atoms with Crippen molar-refractivity contribution in [1.82, 2.24) is 5.32 Å². The number of rotatable bonds is 4. The van der Waals surface area contributed by atoms with Crippen LogP contribution in [-0.4, -0.2) is 5.11 Å². The molecular formula is C19H23NO. The van der Waals surface area contributed by atoms with Crippen molar-refractivity contribution in [3.05, 3.63) is 70.8 Å². The van der Waals surface area contributed by atoms with Crippen molar-refractivity contribution in [3.63, 3.8) is 0 Å². The van der Waals surface area contributed by atoms with Crippen LogP contribution in [0.3, 0.4) is 0 Å². The van der Waals surface area contributed by atoms with Crippen LogP contribution in [0.1, 0.15) is 47.6 Å². The predicted octanol–water partition coefficient (Wildman–Crippen LogP) is 3.74. The number of nitrogens with one attached hydrogen (secondary N) is 1. The molecule has 0 amide bonds. The predicted molar refractivity (Wildman–Crippen MR) is 85.9 cm³/mol. The van der Waals surface area contributed by atoms with Gasteiger partial charge in [0.25, 0.3) is 0 Å². The highest BCUT2D eigenvalue weighted by Crippen LogP contribution is 2.28. The van der Waals surface area contributed by atoms with Gasteiger partial charge in [-0.05, 0) is 41.5 Å². The van der Waals surface area contributed by atoms with Gasteiger partial charge in [0.2, 0.25) is 0 Å².